The molecule has 0 aliphatic rings. The van der Waals surface area contributed by atoms with E-state index < -0.39 is 0 Å². The van der Waals surface area contributed by atoms with Gasteiger partial charge in [-0.1, -0.05) is 0 Å². The second-order valence-electron chi connectivity index (χ2n) is 6.52. The van der Waals surface area contributed by atoms with Crippen molar-refractivity contribution in [1.82, 2.24) is 0 Å². The lowest BCUT2D eigenvalue weighted by Crippen LogP contribution is -2.97. The predicted octanol–water partition coefficient (Wildman–Crippen LogP) is 0.937. The van der Waals surface area contributed by atoms with Crippen LogP contribution in [-0.4, -0.2) is 41.0 Å². The molecule has 0 amide bonds. The van der Waals surface area contributed by atoms with Crippen molar-refractivity contribution < 1.29 is 29.6 Å². The average molecular weight is 376 g/mol. The van der Waals surface area contributed by atoms with Gasteiger partial charge in [0, 0.05) is 11.1 Å². The van der Waals surface area contributed by atoms with Crippen molar-refractivity contribution in [3.05, 3.63) is 47.5 Å². The highest BCUT2D eigenvalue weighted by Crippen LogP contribution is 2.27. The third-order valence-electron chi connectivity index (χ3n) is 4.57. The third kappa shape index (κ3) is 6.05. The summed E-state index contributed by atoms with van der Waals surface area (Å²) >= 11 is 0. The Morgan fingerprint density at radius 3 is 1.67 bits per heavy atom. The monoisotopic (exact) mass is 376 g/mol. The van der Waals surface area contributed by atoms with Gasteiger partial charge < -0.3 is 29.6 Å². The molecule has 0 heterocycles. The predicted molar refractivity (Wildman–Crippen MR) is 105 cm³/mol. The van der Waals surface area contributed by atoms with Crippen LogP contribution >= 0.6 is 0 Å². The number of methoxy groups -OCH3 is 4. The van der Waals surface area contributed by atoms with E-state index in [-0.39, 0.29) is 0 Å². The van der Waals surface area contributed by atoms with Gasteiger partial charge in [0.05, 0.1) is 28.4 Å². The van der Waals surface area contributed by atoms with Gasteiger partial charge in [-0.05, 0) is 43.3 Å². The fourth-order valence-corrected chi connectivity index (χ4v) is 2.96. The van der Waals surface area contributed by atoms with E-state index in [9.17, 15) is 0 Å². The molecule has 4 N–H and O–H groups in total. The van der Waals surface area contributed by atoms with Crippen LogP contribution in [0.1, 0.15) is 18.1 Å². The third-order valence-corrected chi connectivity index (χ3v) is 4.57. The number of quaternary nitrogens is 2. The Morgan fingerprint density at radius 2 is 1.19 bits per heavy atom. The molecule has 2 rings (SSSR count). The van der Waals surface area contributed by atoms with E-state index in [4.69, 9.17) is 18.9 Å². The van der Waals surface area contributed by atoms with Crippen LogP contribution in [0.25, 0.3) is 0 Å². The lowest BCUT2D eigenvalue weighted by molar-refractivity contribution is -0.761. The van der Waals surface area contributed by atoms with Crippen LogP contribution in [0.4, 0.5) is 0 Å². The van der Waals surface area contributed by atoms with Gasteiger partial charge in [-0.25, -0.2) is 0 Å². The SMILES string of the molecule is COc1ccc(C[NH2+]C[C@@H](C)[NH2+]Cc2ccc(OC)c(OC)c2)cc1OC. The van der Waals surface area contributed by atoms with Crippen LogP contribution in [0.3, 0.4) is 0 Å². The Labute approximate surface area is 161 Å². The highest BCUT2D eigenvalue weighted by molar-refractivity contribution is 5.43. The summed E-state index contributed by atoms with van der Waals surface area (Å²) in [6, 6.07) is 12.6. The van der Waals surface area contributed by atoms with Crippen LogP contribution in [0.2, 0.25) is 0 Å². The minimum absolute atomic E-state index is 0.498. The molecule has 0 saturated heterocycles. The lowest BCUT2D eigenvalue weighted by atomic mass is 10.1. The van der Waals surface area contributed by atoms with E-state index in [1.165, 1.54) is 11.1 Å². The topological polar surface area (TPSA) is 70.1 Å². The van der Waals surface area contributed by atoms with Crippen LogP contribution < -0.4 is 29.6 Å². The minimum atomic E-state index is 0.498. The second kappa shape index (κ2) is 10.6. The molecule has 6 heteroatoms. The first-order chi connectivity index (χ1) is 13.1. The first-order valence-corrected chi connectivity index (χ1v) is 9.18. The molecule has 2 aromatic rings. The zero-order chi connectivity index (χ0) is 19.6. The Hall–Kier alpha value is -2.44. The molecular formula is C21H32N2O4+2. The summed E-state index contributed by atoms with van der Waals surface area (Å²) < 4.78 is 21.3. The summed E-state index contributed by atoms with van der Waals surface area (Å²) in [6.07, 6.45) is 0. The molecule has 148 valence electrons. The van der Waals surface area contributed by atoms with Crippen molar-refractivity contribution in [3.8, 4) is 23.0 Å². The van der Waals surface area contributed by atoms with Crippen molar-refractivity contribution in [2.24, 2.45) is 0 Å². The number of ether oxygens (including phenoxy) is 4. The van der Waals surface area contributed by atoms with Crippen molar-refractivity contribution in [2.45, 2.75) is 26.1 Å². The summed E-state index contributed by atoms with van der Waals surface area (Å²) in [5.74, 6) is 3.07. The molecule has 0 bridgehead atoms. The Kier molecular flexibility index (Phi) is 8.23. The molecule has 0 spiro atoms. The molecule has 1 atom stereocenters. The van der Waals surface area contributed by atoms with E-state index in [1.54, 1.807) is 28.4 Å². The van der Waals surface area contributed by atoms with Crippen molar-refractivity contribution in [3.63, 3.8) is 0 Å². The first kappa shape index (κ1) is 20.9. The molecule has 0 unspecified atom stereocenters. The molecule has 0 aromatic heterocycles. The van der Waals surface area contributed by atoms with Crippen LogP contribution in [0.15, 0.2) is 36.4 Å². The zero-order valence-electron chi connectivity index (χ0n) is 17.0. The van der Waals surface area contributed by atoms with Gasteiger partial charge in [0.25, 0.3) is 0 Å². The normalized spacial score (nSPS) is 11.7. The standard InChI is InChI=1S/C21H30N2O4/c1-15(23-14-17-7-9-19(25-3)21(11-17)27-5)12-22-13-16-6-8-18(24-2)20(10-16)26-4/h6-11,15,22-23H,12-14H2,1-5H3/p+2/t15-/m1/s1. The lowest BCUT2D eigenvalue weighted by Gasteiger charge is -2.12. The smallest absolute Gasteiger partial charge is 0.161 e. The second-order valence-corrected chi connectivity index (χ2v) is 6.52. The average Bonchev–Trinajstić information content (AvgIpc) is 2.71. The van der Waals surface area contributed by atoms with E-state index in [0.717, 1.165) is 42.6 Å². The van der Waals surface area contributed by atoms with Crippen molar-refractivity contribution >= 4 is 0 Å². The molecule has 27 heavy (non-hydrogen) atoms. The summed E-state index contributed by atoms with van der Waals surface area (Å²) in [5.41, 5.74) is 2.44. The minimum Gasteiger partial charge on any atom is -0.493 e. The van der Waals surface area contributed by atoms with Crippen molar-refractivity contribution in [2.75, 3.05) is 35.0 Å². The first-order valence-electron chi connectivity index (χ1n) is 9.18. The van der Waals surface area contributed by atoms with Crippen LogP contribution in [0.5, 0.6) is 23.0 Å². The summed E-state index contributed by atoms with van der Waals surface area (Å²) in [5, 5.41) is 4.66. The molecule has 6 nitrogen and oxygen atoms in total. The molecule has 0 saturated carbocycles. The van der Waals surface area contributed by atoms with E-state index in [0.29, 0.717) is 6.04 Å². The fraction of sp³-hybridized carbons (Fsp3) is 0.429. The molecule has 0 aliphatic heterocycles. The Balaban J connectivity index is 1.79. The maximum Gasteiger partial charge on any atom is 0.161 e. The van der Waals surface area contributed by atoms with Gasteiger partial charge in [-0.2, -0.15) is 0 Å². The van der Waals surface area contributed by atoms with E-state index in [2.05, 4.69) is 29.7 Å². The van der Waals surface area contributed by atoms with Gasteiger partial charge in [-0.3, -0.25) is 0 Å². The largest absolute Gasteiger partial charge is 0.493 e. The Bertz CT molecular complexity index is 721. The maximum atomic E-state index is 5.37. The van der Waals surface area contributed by atoms with Gasteiger partial charge in [0.15, 0.2) is 23.0 Å². The molecule has 2 aromatic carbocycles. The summed E-state index contributed by atoms with van der Waals surface area (Å²) in [6.45, 7) is 5.09. The molecule has 0 aliphatic carbocycles. The van der Waals surface area contributed by atoms with Gasteiger partial charge in [0.2, 0.25) is 0 Å². The van der Waals surface area contributed by atoms with Gasteiger partial charge in [0.1, 0.15) is 25.7 Å². The van der Waals surface area contributed by atoms with Crippen LogP contribution in [-0.2, 0) is 13.1 Å². The van der Waals surface area contributed by atoms with Gasteiger partial charge in [-0.15, -0.1) is 0 Å². The number of hydrogen-bond donors (Lipinski definition) is 2. The molecule has 0 radical (unpaired) electrons. The summed E-state index contributed by atoms with van der Waals surface area (Å²) in [7, 11) is 6.63. The highest BCUT2D eigenvalue weighted by atomic mass is 16.5. The number of rotatable bonds is 11. The Morgan fingerprint density at radius 1 is 0.704 bits per heavy atom. The fourth-order valence-electron chi connectivity index (χ4n) is 2.96. The maximum absolute atomic E-state index is 5.37. The number of benzene rings is 2. The summed E-state index contributed by atoms with van der Waals surface area (Å²) in [4.78, 5) is 0. The zero-order valence-corrected chi connectivity index (χ0v) is 17.0. The number of hydrogen-bond acceptors (Lipinski definition) is 4. The van der Waals surface area contributed by atoms with Gasteiger partial charge >= 0.3 is 0 Å². The number of nitrogens with two attached hydrogens (primary N) is 2. The van der Waals surface area contributed by atoms with E-state index >= 15 is 0 Å². The quantitative estimate of drug-likeness (QED) is 0.612. The van der Waals surface area contributed by atoms with E-state index in [1.807, 2.05) is 24.3 Å². The van der Waals surface area contributed by atoms with Crippen molar-refractivity contribution in [1.29, 1.82) is 0 Å². The molecular weight excluding hydrogens is 344 g/mol. The van der Waals surface area contributed by atoms with Crippen LogP contribution in [0, 0.1) is 0 Å². The highest BCUT2D eigenvalue weighted by Gasteiger charge is 2.11. The molecule has 0 fully saturated rings.